The van der Waals surface area contributed by atoms with E-state index in [2.05, 4.69) is 10.3 Å². The smallest absolute Gasteiger partial charge is 0.258 e. The Balaban J connectivity index is 1.84. The van der Waals surface area contributed by atoms with Crippen molar-refractivity contribution in [2.24, 2.45) is 0 Å². The summed E-state index contributed by atoms with van der Waals surface area (Å²) in [7, 11) is 0. The van der Waals surface area contributed by atoms with E-state index in [1.807, 2.05) is 13.0 Å². The Morgan fingerprint density at radius 1 is 1.35 bits per heavy atom. The summed E-state index contributed by atoms with van der Waals surface area (Å²) in [5.41, 5.74) is 0.771. The van der Waals surface area contributed by atoms with Crippen molar-refractivity contribution in [3.8, 4) is 11.6 Å². The molecule has 0 aliphatic heterocycles. The van der Waals surface area contributed by atoms with Gasteiger partial charge in [0.2, 0.25) is 5.88 Å². The summed E-state index contributed by atoms with van der Waals surface area (Å²) in [6.07, 6.45) is 1.62. The van der Waals surface area contributed by atoms with Gasteiger partial charge in [-0.05, 0) is 25.1 Å². The molecule has 1 N–H and O–H groups in total. The van der Waals surface area contributed by atoms with Crippen molar-refractivity contribution in [2.75, 3.05) is 13.2 Å². The van der Waals surface area contributed by atoms with Crippen LogP contribution in [-0.2, 0) is 11.3 Å². The van der Waals surface area contributed by atoms with Gasteiger partial charge in [0, 0.05) is 24.4 Å². The highest BCUT2D eigenvalue weighted by Gasteiger charge is 2.08. The normalized spacial score (nSPS) is 10.2. The number of rotatable bonds is 7. The molecule has 1 aromatic heterocycles. The Labute approximate surface area is 138 Å². The number of halogens is 2. The largest absolute Gasteiger partial charge is 0.484 e. The zero-order valence-corrected chi connectivity index (χ0v) is 13.3. The predicted octanol–water partition coefficient (Wildman–Crippen LogP) is 2.97. The number of amides is 1. The van der Waals surface area contributed by atoms with Gasteiger partial charge in [-0.25, -0.2) is 9.37 Å². The van der Waals surface area contributed by atoms with Crippen LogP contribution in [0.4, 0.5) is 4.39 Å². The van der Waals surface area contributed by atoms with Crippen molar-refractivity contribution >= 4 is 17.5 Å². The van der Waals surface area contributed by atoms with Crippen LogP contribution < -0.4 is 14.8 Å². The maximum absolute atomic E-state index is 13.0. The minimum absolute atomic E-state index is 0.0559. The van der Waals surface area contributed by atoms with E-state index in [4.69, 9.17) is 21.1 Å². The Kier molecular flexibility index (Phi) is 6.17. The van der Waals surface area contributed by atoms with E-state index < -0.39 is 5.82 Å². The number of nitrogens with zero attached hydrogens (tertiary/aromatic N) is 1. The lowest BCUT2D eigenvalue weighted by Crippen LogP contribution is -2.28. The van der Waals surface area contributed by atoms with Gasteiger partial charge in [-0.1, -0.05) is 17.7 Å². The summed E-state index contributed by atoms with van der Waals surface area (Å²) in [5, 5.41) is 2.65. The molecule has 0 saturated carbocycles. The second-order valence-electron chi connectivity index (χ2n) is 4.54. The van der Waals surface area contributed by atoms with E-state index in [-0.39, 0.29) is 24.1 Å². The number of benzene rings is 1. The maximum atomic E-state index is 13.0. The lowest BCUT2D eigenvalue weighted by molar-refractivity contribution is -0.123. The SMILES string of the molecule is CCOc1ncccc1CNC(=O)COc1ccc(F)c(Cl)c1. The minimum atomic E-state index is -0.538. The molecule has 7 heteroatoms. The first kappa shape index (κ1) is 17.0. The van der Waals surface area contributed by atoms with Gasteiger partial charge >= 0.3 is 0 Å². The van der Waals surface area contributed by atoms with Gasteiger partial charge in [-0.3, -0.25) is 4.79 Å². The number of aromatic nitrogens is 1. The Hall–Kier alpha value is -2.34. The molecule has 0 aliphatic rings. The first-order chi connectivity index (χ1) is 11.1. The zero-order chi connectivity index (χ0) is 16.7. The molecule has 0 radical (unpaired) electrons. The highest BCUT2D eigenvalue weighted by atomic mass is 35.5. The average molecular weight is 339 g/mol. The topological polar surface area (TPSA) is 60.5 Å². The van der Waals surface area contributed by atoms with E-state index in [1.165, 1.54) is 18.2 Å². The first-order valence-corrected chi connectivity index (χ1v) is 7.39. The monoisotopic (exact) mass is 338 g/mol. The molecule has 0 unspecified atom stereocenters. The second-order valence-corrected chi connectivity index (χ2v) is 4.95. The van der Waals surface area contributed by atoms with Crippen molar-refractivity contribution in [1.82, 2.24) is 10.3 Å². The molecule has 122 valence electrons. The van der Waals surface area contributed by atoms with E-state index in [0.29, 0.717) is 18.2 Å². The Morgan fingerprint density at radius 3 is 2.91 bits per heavy atom. The van der Waals surface area contributed by atoms with Gasteiger partial charge in [0.1, 0.15) is 11.6 Å². The van der Waals surface area contributed by atoms with Crippen LogP contribution >= 0.6 is 11.6 Å². The lowest BCUT2D eigenvalue weighted by atomic mass is 10.2. The number of nitrogens with one attached hydrogen (secondary N) is 1. The summed E-state index contributed by atoms with van der Waals surface area (Å²) < 4.78 is 23.7. The molecule has 0 fully saturated rings. The summed E-state index contributed by atoms with van der Waals surface area (Å²) >= 11 is 5.64. The van der Waals surface area contributed by atoms with E-state index >= 15 is 0 Å². The zero-order valence-electron chi connectivity index (χ0n) is 12.5. The summed E-state index contributed by atoms with van der Waals surface area (Å²) in [6.45, 7) is 2.42. The molecule has 1 aromatic carbocycles. The molecule has 2 rings (SSSR count). The maximum Gasteiger partial charge on any atom is 0.258 e. The third kappa shape index (κ3) is 5.10. The Bertz CT molecular complexity index is 682. The molecular weight excluding hydrogens is 323 g/mol. The molecule has 0 aliphatic carbocycles. The third-order valence-corrected chi connectivity index (χ3v) is 3.16. The second kappa shape index (κ2) is 8.33. The van der Waals surface area contributed by atoms with Gasteiger partial charge in [0.25, 0.3) is 5.91 Å². The summed E-state index contributed by atoms with van der Waals surface area (Å²) in [5.74, 6) is -0.0512. The molecule has 2 aromatic rings. The fourth-order valence-corrected chi connectivity index (χ4v) is 1.96. The first-order valence-electron chi connectivity index (χ1n) is 7.01. The van der Waals surface area contributed by atoms with E-state index in [1.54, 1.807) is 12.3 Å². The molecule has 5 nitrogen and oxygen atoms in total. The molecule has 1 amide bonds. The molecule has 23 heavy (non-hydrogen) atoms. The molecule has 0 saturated heterocycles. The van der Waals surface area contributed by atoms with Gasteiger partial charge in [-0.15, -0.1) is 0 Å². The van der Waals surface area contributed by atoms with Crippen molar-refractivity contribution in [1.29, 1.82) is 0 Å². The molecule has 0 atom stereocenters. The number of pyridine rings is 1. The molecule has 1 heterocycles. The van der Waals surface area contributed by atoms with Crippen LogP contribution in [0.5, 0.6) is 11.6 Å². The van der Waals surface area contributed by atoms with Crippen molar-refractivity contribution < 1.29 is 18.7 Å². The lowest BCUT2D eigenvalue weighted by Gasteiger charge is -2.10. The average Bonchev–Trinajstić information content (AvgIpc) is 2.55. The molecular formula is C16H16ClFN2O3. The number of hydrogen-bond donors (Lipinski definition) is 1. The summed E-state index contributed by atoms with van der Waals surface area (Å²) in [6, 6.07) is 7.49. The van der Waals surface area contributed by atoms with Crippen LogP contribution in [-0.4, -0.2) is 24.1 Å². The fourth-order valence-electron chi connectivity index (χ4n) is 1.79. The van der Waals surface area contributed by atoms with Crippen molar-refractivity contribution in [3.05, 3.63) is 52.9 Å². The van der Waals surface area contributed by atoms with Gasteiger partial charge < -0.3 is 14.8 Å². The summed E-state index contributed by atoms with van der Waals surface area (Å²) in [4.78, 5) is 15.9. The minimum Gasteiger partial charge on any atom is -0.484 e. The van der Waals surface area contributed by atoms with Gasteiger partial charge in [-0.2, -0.15) is 0 Å². The van der Waals surface area contributed by atoms with Crippen LogP contribution in [0.15, 0.2) is 36.5 Å². The standard InChI is InChI=1S/C16H16ClFN2O3/c1-2-22-16-11(4-3-7-19-16)9-20-15(21)10-23-12-5-6-14(18)13(17)8-12/h3-8H,2,9-10H2,1H3,(H,20,21). The van der Waals surface area contributed by atoms with Crippen LogP contribution in [0.3, 0.4) is 0 Å². The number of ether oxygens (including phenoxy) is 2. The van der Waals surface area contributed by atoms with Gasteiger partial charge in [0.15, 0.2) is 6.61 Å². The van der Waals surface area contributed by atoms with Crippen LogP contribution in [0.25, 0.3) is 0 Å². The number of hydrogen-bond acceptors (Lipinski definition) is 4. The van der Waals surface area contributed by atoms with Crippen molar-refractivity contribution in [3.63, 3.8) is 0 Å². The highest BCUT2D eigenvalue weighted by molar-refractivity contribution is 6.30. The predicted molar refractivity (Wildman–Crippen MR) is 84.2 cm³/mol. The van der Waals surface area contributed by atoms with Crippen LogP contribution in [0.2, 0.25) is 5.02 Å². The van der Waals surface area contributed by atoms with Crippen LogP contribution in [0.1, 0.15) is 12.5 Å². The van der Waals surface area contributed by atoms with Crippen LogP contribution in [0, 0.1) is 5.82 Å². The van der Waals surface area contributed by atoms with E-state index in [9.17, 15) is 9.18 Å². The molecule has 0 spiro atoms. The quantitative estimate of drug-likeness (QED) is 0.843. The highest BCUT2D eigenvalue weighted by Crippen LogP contribution is 2.21. The van der Waals surface area contributed by atoms with Crippen molar-refractivity contribution in [2.45, 2.75) is 13.5 Å². The van der Waals surface area contributed by atoms with Gasteiger partial charge in [0.05, 0.1) is 11.6 Å². The fraction of sp³-hybridized carbons (Fsp3) is 0.250. The number of carbonyl (C=O) groups excluding carboxylic acids is 1. The van der Waals surface area contributed by atoms with E-state index in [0.717, 1.165) is 5.56 Å². The third-order valence-electron chi connectivity index (χ3n) is 2.87. The number of carbonyl (C=O) groups is 1. The Morgan fingerprint density at radius 2 is 2.17 bits per heavy atom. The molecule has 0 bridgehead atoms.